The monoisotopic (exact) mass is 164 g/mol. The molecule has 5 heteroatoms. The summed E-state index contributed by atoms with van der Waals surface area (Å²) in [4.78, 5) is 0. The molecular formula is C6H12O5. The molecule has 2 unspecified atom stereocenters. The highest BCUT2D eigenvalue weighted by Crippen LogP contribution is 2.17. The van der Waals surface area contributed by atoms with Crippen LogP contribution in [0.1, 0.15) is 6.42 Å². The minimum absolute atomic E-state index is 0.148. The minimum Gasteiger partial charge on any atom is -0.394 e. The summed E-state index contributed by atoms with van der Waals surface area (Å²) < 4.78 is 4.71. The van der Waals surface area contributed by atoms with Gasteiger partial charge in [0.1, 0.15) is 6.10 Å². The van der Waals surface area contributed by atoms with Crippen LogP contribution in [-0.2, 0) is 4.74 Å². The fourth-order valence-corrected chi connectivity index (χ4v) is 1.05. The molecular weight excluding hydrogens is 152 g/mol. The van der Waals surface area contributed by atoms with Gasteiger partial charge in [-0.15, -0.1) is 0 Å². The van der Waals surface area contributed by atoms with Crippen molar-refractivity contribution in [2.45, 2.75) is 31.0 Å². The smallest absolute Gasteiger partial charge is 0.183 e. The number of hydrogen-bond acceptors (Lipinski definition) is 5. The first-order valence-corrected chi connectivity index (χ1v) is 3.45. The predicted molar refractivity (Wildman–Crippen MR) is 34.6 cm³/mol. The van der Waals surface area contributed by atoms with Gasteiger partial charge in [0.25, 0.3) is 0 Å². The molecule has 1 heterocycles. The fourth-order valence-electron chi connectivity index (χ4n) is 1.05. The molecule has 66 valence electrons. The van der Waals surface area contributed by atoms with Gasteiger partial charge in [-0.1, -0.05) is 0 Å². The van der Waals surface area contributed by atoms with Crippen LogP contribution in [0.3, 0.4) is 0 Å². The maximum atomic E-state index is 9.05. The summed E-state index contributed by atoms with van der Waals surface area (Å²) in [6.07, 6.45) is -4.11. The van der Waals surface area contributed by atoms with Gasteiger partial charge in [0.2, 0.25) is 0 Å². The Morgan fingerprint density at radius 3 is 2.36 bits per heavy atom. The molecule has 0 aromatic heterocycles. The van der Waals surface area contributed by atoms with Gasteiger partial charge in [0.05, 0.1) is 18.8 Å². The predicted octanol–water partition coefficient (Wildman–Crippen LogP) is -2.19. The van der Waals surface area contributed by atoms with Crippen molar-refractivity contribution in [1.82, 2.24) is 0 Å². The van der Waals surface area contributed by atoms with Gasteiger partial charge in [-0.3, -0.25) is 0 Å². The van der Waals surface area contributed by atoms with Crippen LogP contribution in [0.25, 0.3) is 0 Å². The van der Waals surface area contributed by atoms with Crippen molar-refractivity contribution in [3.8, 4) is 0 Å². The van der Waals surface area contributed by atoms with E-state index in [1.165, 1.54) is 0 Å². The lowest BCUT2D eigenvalue weighted by molar-refractivity contribution is -0.251. The standard InChI is InChI=1S/C6H12O5/c7-2-3-1-4(8)5(9)6(10)11-3/h3-10H,1-2H2/t3-,4?,5+,6?/m0/s1. The van der Waals surface area contributed by atoms with Crippen LogP contribution in [-0.4, -0.2) is 51.6 Å². The summed E-state index contributed by atoms with van der Waals surface area (Å²) in [5, 5.41) is 35.5. The molecule has 1 rings (SSSR count). The van der Waals surface area contributed by atoms with Gasteiger partial charge in [0.15, 0.2) is 6.29 Å². The summed E-state index contributed by atoms with van der Waals surface area (Å²) >= 11 is 0. The molecule has 0 radical (unpaired) electrons. The van der Waals surface area contributed by atoms with Gasteiger partial charge in [0, 0.05) is 6.42 Å². The second kappa shape index (κ2) is 3.46. The molecule has 0 aromatic rings. The largest absolute Gasteiger partial charge is 0.394 e. The number of rotatable bonds is 1. The highest BCUT2D eigenvalue weighted by Gasteiger charge is 2.34. The van der Waals surface area contributed by atoms with Gasteiger partial charge in [-0.05, 0) is 0 Å². The van der Waals surface area contributed by atoms with Crippen molar-refractivity contribution in [2.75, 3.05) is 6.61 Å². The fraction of sp³-hybridized carbons (Fsp3) is 1.00. The third-order valence-electron chi connectivity index (χ3n) is 1.73. The Hall–Kier alpha value is -0.200. The van der Waals surface area contributed by atoms with Crippen molar-refractivity contribution in [3.05, 3.63) is 0 Å². The quantitative estimate of drug-likeness (QED) is 0.353. The summed E-state index contributed by atoms with van der Waals surface area (Å²) in [5.74, 6) is 0. The zero-order chi connectivity index (χ0) is 8.43. The summed E-state index contributed by atoms with van der Waals surface area (Å²) in [7, 11) is 0. The lowest BCUT2D eigenvalue weighted by atomic mass is 10.0. The normalized spacial score (nSPS) is 45.8. The van der Waals surface area contributed by atoms with E-state index in [0.717, 1.165) is 0 Å². The van der Waals surface area contributed by atoms with Gasteiger partial charge in [-0.25, -0.2) is 0 Å². The highest BCUT2D eigenvalue weighted by molar-refractivity contribution is 4.79. The maximum Gasteiger partial charge on any atom is 0.183 e. The Labute approximate surface area is 63.8 Å². The minimum atomic E-state index is -1.39. The van der Waals surface area contributed by atoms with Crippen LogP contribution in [0, 0.1) is 0 Å². The van der Waals surface area contributed by atoms with Gasteiger partial charge in [-0.2, -0.15) is 0 Å². The van der Waals surface area contributed by atoms with E-state index in [1.807, 2.05) is 0 Å². The first-order valence-electron chi connectivity index (χ1n) is 3.45. The van der Waals surface area contributed by atoms with Gasteiger partial charge >= 0.3 is 0 Å². The molecule has 4 N–H and O–H groups in total. The Balaban J connectivity index is 2.47. The highest BCUT2D eigenvalue weighted by atomic mass is 16.6. The van der Waals surface area contributed by atoms with Crippen LogP contribution in [0.15, 0.2) is 0 Å². The molecule has 0 amide bonds. The van der Waals surface area contributed by atoms with E-state index in [1.54, 1.807) is 0 Å². The molecule has 1 aliphatic rings. The first-order chi connectivity index (χ1) is 5.15. The van der Waals surface area contributed by atoms with E-state index in [2.05, 4.69) is 0 Å². The topological polar surface area (TPSA) is 90.2 Å². The molecule has 4 atom stereocenters. The Bertz CT molecular complexity index is 116. The maximum absolute atomic E-state index is 9.05. The lowest BCUT2D eigenvalue weighted by Gasteiger charge is -2.33. The van der Waals surface area contributed by atoms with Crippen LogP contribution in [0.5, 0.6) is 0 Å². The molecule has 5 nitrogen and oxygen atoms in total. The Kier molecular flexibility index (Phi) is 2.80. The van der Waals surface area contributed by atoms with Crippen molar-refractivity contribution >= 4 is 0 Å². The zero-order valence-electron chi connectivity index (χ0n) is 5.92. The molecule has 0 spiro atoms. The molecule has 1 aliphatic heterocycles. The number of aliphatic hydroxyl groups excluding tert-OH is 4. The third-order valence-corrected chi connectivity index (χ3v) is 1.73. The van der Waals surface area contributed by atoms with Crippen molar-refractivity contribution in [2.24, 2.45) is 0 Å². The van der Waals surface area contributed by atoms with E-state index in [4.69, 9.17) is 25.2 Å². The van der Waals surface area contributed by atoms with E-state index in [9.17, 15) is 0 Å². The van der Waals surface area contributed by atoms with E-state index in [-0.39, 0.29) is 13.0 Å². The van der Waals surface area contributed by atoms with E-state index >= 15 is 0 Å². The van der Waals surface area contributed by atoms with Crippen molar-refractivity contribution < 1.29 is 25.2 Å². The molecule has 0 aromatic carbocycles. The van der Waals surface area contributed by atoms with Crippen molar-refractivity contribution in [3.63, 3.8) is 0 Å². The lowest BCUT2D eigenvalue weighted by Crippen LogP contribution is -2.49. The third kappa shape index (κ3) is 1.88. The van der Waals surface area contributed by atoms with Crippen LogP contribution < -0.4 is 0 Å². The summed E-state index contributed by atoms with van der Waals surface area (Å²) in [6.45, 7) is -0.263. The van der Waals surface area contributed by atoms with Crippen LogP contribution in [0.4, 0.5) is 0 Å². The van der Waals surface area contributed by atoms with E-state index < -0.39 is 24.6 Å². The first kappa shape index (κ1) is 8.89. The summed E-state index contributed by atoms with van der Waals surface area (Å²) in [5.41, 5.74) is 0. The molecule has 0 saturated carbocycles. The Morgan fingerprint density at radius 2 is 1.91 bits per heavy atom. The molecule has 11 heavy (non-hydrogen) atoms. The average Bonchev–Trinajstić information content (AvgIpc) is 1.99. The Morgan fingerprint density at radius 1 is 1.27 bits per heavy atom. The number of hydrogen-bond donors (Lipinski definition) is 4. The van der Waals surface area contributed by atoms with Gasteiger partial charge < -0.3 is 25.2 Å². The van der Waals surface area contributed by atoms with Crippen molar-refractivity contribution in [1.29, 1.82) is 0 Å². The van der Waals surface area contributed by atoms with Crippen LogP contribution in [0.2, 0.25) is 0 Å². The SMILES string of the molecule is OC[C@@H]1CC(O)[C@@H](O)C(O)O1. The molecule has 0 aliphatic carbocycles. The second-order valence-electron chi connectivity index (χ2n) is 2.62. The van der Waals surface area contributed by atoms with E-state index in [0.29, 0.717) is 0 Å². The average molecular weight is 164 g/mol. The molecule has 1 fully saturated rings. The summed E-state index contributed by atoms with van der Waals surface area (Å²) in [6, 6.07) is 0. The molecule has 1 saturated heterocycles. The molecule has 0 bridgehead atoms. The second-order valence-corrected chi connectivity index (χ2v) is 2.62. The zero-order valence-corrected chi connectivity index (χ0v) is 5.92. The van der Waals surface area contributed by atoms with Crippen LogP contribution >= 0.6 is 0 Å². The number of aliphatic hydroxyl groups is 4. The number of ether oxygens (including phenoxy) is 1.